The number of carboxylic acid groups (broad SMARTS) is 1. The molecule has 0 atom stereocenters. The van der Waals surface area contributed by atoms with Crippen LogP contribution in [0.25, 0.3) is 10.9 Å². The van der Waals surface area contributed by atoms with Gasteiger partial charge in [-0.3, -0.25) is 9.36 Å². The maximum atomic E-state index is 11.8. The number of hydrogen-bond acceptors (Lipinski definition) is 2. The third-order valence-electron chi connectivity index (χ3n) is 2.50. The van der Waals surface area contributed by atoms with Crippen molar-refractivity contribution in [3.63, 3.8) is 0 Å². The molecule has 2 aromatic rings. The molecular formula is C13H9NO3. The van der Waals surface area contributed by atoms with E-state index < -0.39 is 11.5 Å². The van der Waals surface area contributed by atoms with E-state index in [9.17, 15) is 9.59 Å². The van der Waals surface area contributed by atoms with Crippen molar-refractivity contribution < 1.29 is 9.90 Å². The highest BCUT2D eigenvalue weighted by Gasteiger charge is 2.12. The number of rotatable bonds is 2. The lowest BCUT2D eigenvalue weighted by molar-refractivity contribution is 0.0699. The van der Waals surface area contributed by atoms with E-state index in [4.69, 9.17) is 11.5 Å². The highest BCUT2D eigenvalue weighted by Crippen LogP contribution is 2.16. The fourth-order valence-electron chi connectivity index (χ4n) is 1.77. The minimum atomic E-state index is -1.12. The van der Waals surface area contributed by atoms with E-state index in [2.05, 4.69) is 5.92 Å². The first-order valence-corrected chi connectivity index (χ1v) is 4.94. The van der Waals surface area contributed by atoms with Gasteiger partial charge in [-0.1, -0.05) is 24.1 Å². The molecule has 0 bridgehead atoms. The zero-order valence-corrected chi connectivity index (χ0v) is 8.88. The van der Waals surface area contributed by atoms with Gasteiger partial charge in [-0.15, -0.1) is 6.42 Å². The van der Waals surface area contributed by atoms with Crippen LogP contribution in [0.4, 0.5) is 0 Å². The predicted molar refractivity (Wildman–Crippen MR) is 64.0 cm³/mol. The first-order valence-electron chi connectivity index (χ1n) is 4.94. The van der Waals surface area contributed by atoms with Gasteiger partial charge in [-0.25, -0.2) is 4.79 Å². The largest absolute Gasteiger partial charge is 0.478 e. The molecule has 0 aliphatic rings. The Hall–Kier alpha value is -2.54. The maximum absolute atomic E-state index is 11.8. The summed E-state index contributed by atoms with van der Waals surface area (Å²) in [6.07, 6.45) is 5.19. The summed E-state index contributed by atoms with van der Waals surface area (Å²) in [4.78, 5) is 22.8. The number of hydrogen-bond donors (Lipinski definition) is 1. The van der Waals surface area contributed by atoms with Crippen molar-refractivity contribution in [2.75, 3.05) is 0 Å². The van der Waals surface area contributed by atoms with Crippen LogP contribution in [0.1, 0.15) is 10.4 Å². The van der Waals surface area contributed by atoms with Crippen LogP contribution < -0.4 is 5.56 Å². The van der Waals surface area contributed by atoms with Gasteiger partial charge >= 0.3 is 5.97 Å². The average molecular weight is 227 g/mol. The van der Waals surface area contributed by atoms with E-state index in [-0.39, 0.29) is 12.1 Å². The number of aromatic nitrogens is 1. The minimum absolute atomic E-state index is 0.00104. The van der Waals surface area contributed by atoms with Crippen LogP contribution in [-0.2, 0) is 6.54 Å². The molecule has 0 saturated heterocycles. The second-order valence-corrected chi connectivity index (χ2v) is 3.51. The van der Waals surface area contributed by atoms with E-state index in [1.807, 2.05) is 0 Å². The number of para-hydroxylation sites is 1. The lowest BCUT2D eigenvalue weighted by Gasteiger charge is -2.08. The number of terminal acetylenes is 1. The second kappa shape index (κ2) is 4.14. The van der Waals surface area contributed by atoms with Gasteiger partial charge in [0, 0.05) is 11.5 Å². The van der Waals surface area contributed by atoms with E-state index in [1.165, 1.54) is 4.57 Å². The first-order chi connectivity index (χ1) is 8.15. The fraction of sp³-hybridized carbons (Fsp3) is 0.0769. The van der Waals surface area contributed by atoms with Crippen LogP contribution in [0.5, 0.6) is 0 Å². The number of aromatic carboxylic acids is 1. The van der Waals surface area contributed by atoms with E-state index in [0.717, 1.165) is 6.07 Å². The van der Waals surface area contributed by atoms with Crippen LogP contribution in [0.2, 0.25) is 0 Å². The van der Waals surface area contributed by atoms with Crippen LogP contribution in [0.15, 0.2) is 35.1 Å². The van der Waals surface area contributed by atoms with Crippen LogP contribution in [0.3, 0.4) is 0 Å². The Morgan fingerprint density at radius 3 is 2.76 bits per heavy atom. The van der Waals surface area contributed by atoms with Crippen molar-refractivity contribution in [2.45, 2.75) is 6.54 Å². The van der Waals surface area contributed by atoms with Crippen molar-refractivity contribution >= 4 is 16.9 Å². The summed E-state index contributed by atoms with van der Waals surface area (Å²) < 4.78 is 1.38. The molecule has 0 fully saturated rings. The second-order valence-electron chi connectivity index (χ2n) is 3.51. The fourth-order valence-corrected chi connectivity index (χ4v) is 1.77. The Kier molecular flexibility index (Phi) is 2.67. The molecule has 0 aliphatic carbocycles. The van der Waals surface area contributed by atoms with Crippen LogP contribution in [-0.4, -0.2) is 15.6 Å². The summed E-state index contributed by atoms with van der Waals surface area (Å²) in [7, 11) is 0. The van der Waals surface area contributed by atoms with E-state index >= 15 is 0 Å². The molecule has 0 radical (unpaired) electrons. The summed E-state index contributed by atoms with van der Waals surface area (Å²) in [6.45, 7) is 0.124. The van der Waals surface area contributed by atoms with Gasteiger partial charge in [0.15, 0.2) is 0 Å². The van der Waals surface area contributed by atoms with Crippen LogP contribution >= 0.6 is 0 Å². The third kappa shape index (κ3) is 1.79. The van der Waals surface area contributed by atoms with Gasteiger partial charge in [0.25, 0.3) is 5.56 Å². The third-order valence-corrected chi connectivity index (χ3v) is 2.50. The Labute approximate surface area is 97.1 Å². The van der Waals surface area contributed by atoms with Crippen molar-refractivity contribution in [3.05, 3.63) is 46.2 Å². The summed E-state index contributed by atoms with van der Waals surface area (Å²) in [5.41, 5.74) is 0.133. The van der Waals surface area contributed by atoms with E-state index in [1.54, 1.807) is 24.3 Å². The Bertz CT molecular complexity index is 692. The number of carbonyl (C=O) groups is 1. The summed E-state index contributed by atoms with van der Waals surface area (Å²) in [5.74, 6) is 1.26. The molecular weight excluding hydrogens is 218 g/mol. The smallest absolute Gasteiger partial charge is 0.336 e. The van der Waals surface area contributed by atoms with Crippen molar-refractivity contribution in [2.24, 2.45) is 0 Å². The Morgan fingerprint density at radius 2 is 2.12 bits per heavy atom. The van der Waals surface area contributed by atoms with Crippen molar-refractivity contribution in [1.29, 1.82) is 0 Å². The van der Waals surface area contributed by atoms with Gasteiger partial charge in [-0.2, -0.15) is 0 Å². The number of nitrogens with zero attached hydrogens (tertiary/aromatic N) is 1. The molecule has 0 saturated carbocycles. The number of pyridine rings is 1. The summed E-state index contributed by atoms with van der Waals surface area (Å²) in [5, 5.41) is 9.55. The molecule has 0 unspecified atom stereocenters. The first kappa shape index (κ1) is 11.0. The minimum Gasteiger partial charge on any atom is -0.478 e. The lowest BCUT2D eigenvalue weighted by atomic mass is 10.1. The molecule has 1 heterocycles. The molecule has 0 aliphatic heterocycles. The van der Waals surface area contributed by atoms with Gasteiger partial charge in [0.05, 0.1) is 17.6 Å². The molecule has 0 spiro atoms. The van der Waals surface area contributed by atoms with Gasteiger partial charge < -0.3 is 5.11 Å². The zero-order valence-electron chi connectivity index (χ0n) is 8.88. The average Bonchev–Trinajstić information content (AvgIpc) is 2.32. The highest BCUT2D eigenvalue weighted by molar-refractivity contribution is 6.02. The standard InChI is InChI=1S/C13H9NO3/c1-2-7-14-11-6-4-3-5-9(11)10(13(16)17)8-12(14)15/h1,3-6,8H,7H2,(H,16,17). The lowest BCUT2D eigenvalue weighted by Crippen LogP contribution is -2.21. The number of carboxylic acids is 1. The molecule has 84 valence electrons. The van der Waals surface area contributed by atoms with E-state index in [0.29, 0.717) is 10.9 Å². The summed E-state index contributed by atoms with van der Waals surface area (Å²) >= 11 is 0. The number of fused-ring (bicyclic) bond motifs is 1. The maximum Gasteiger partial charge on any atom is 0.336 e. The highest BCUT2D eigenvalue weighted by atomic mass is 16.4. The SMILES string of the molecule is C#CCn1c(=O)cc(C(=O)O)c2ccccc21. The molecule has 17 heavy (non-hydrogen) atoms. The quantitative estimate of drug-likeness (QED) is 0.787. The molecule has 0 amide bonds. The van der Waals surface area contributed by atoms with Crippen molar-refractivity contribution in [3.8, 4) is 12.3 Å². The van der Waals surface area contributed by atoms with Gasteiger partial charge in [0.2, 0.25) is 0 Å². The monoisotopic (exact) mass is 227 g/mol. The Balaban J connectivity index is 2.93. The van der Waals surface area contributed by atoms with Gasteiger partial charge in [-0.05, 0) is 6.07 Å². The van der Waals surface area contributed by atoms with Crippen LogP contribution in [0, 0.1) is 12.3 Å². The Morgan fingerprint density at radius 1 is 1.41 bits per heavy atom. The number of benzene rings is 1. The molecule has 4 heteroatoms. The topological polar surface area (TPSA) is 59.3 Å². The summed E-state index contributed by atoms with van der Waals surface area (Å²) in [6, 6.07) is 7.90. The molecule has 2 rings (SSSR count). The molecule has 4 nitrogen and oxygen atoms in total. The predicted octanol–water partition coefficient (Wildman–Crippen LogP) is 1.33. The van der Waals surface area contributed by atoms with Crippen molar-refractivity contribution in [1.82, 2.24) is 4.57 Å². The molecule has 1 aromatic heterocycles. The van der Waals surface area contributed by atoms with Gasteiger partial charge in [0.1, 0.15) is 0 Å². The zero-order chi connectivity index (χ0) is 12.4. The normalized spacial score (nSPS) is 10.1. The molecule has 1 N–H and O–H groups in total. The molecule has 1 aromatic carbocycles.